The molecule has 0 radical (unpaired) electrons. The topological polar surface area (TPSA) is 66.5 Å². The van der Waals surface area contributed by atoms with Crippen LogP contribution in [-0.2, 0) is 15.6 Å². The maximum atomic E-state index is 12.6. The molecule has 1 fully saturated rings. The number of anilines is 1. The zero-order valence-electron chi connectivity index (χ0n) is 14.3. The van der Waals surface area contributed by atoms with Crippen LogP contribution in [0.3, 0.4) is 0 Å². The molecule has 138 valence electrons. The molecule has 26 heavy (non-hydrogen) atoms. The van der Waals surface area contributed by atoms with Gasteiger partial charge in [0.1, 0.15) is 0 Å². The monoisotopic (exact) mass is 392 g/mol. The molecule has 1 N–H and O–H groups in total. The molecule has 0 aromatic heterocycles. The van der Waals surface area contributed by atoms with E-state index in [1.165, 1.54) is 0 Å². The van der Waals surface area contributed by atoms with Crippen LogP contribution in [0.5, 0.6) is 0 Å². The van der Waals surface area contributed by atoms with Crippen molar-refractivity contribution in [2.24, 2.45) is 0 Å². The summed E-state index contributed by atoms with van der Waals surface area (Å²) in [4.78, 5) is 14.0. The molecule has 2 aromatic carbocycles. The lowest BCUT2D eigenvalue weighted by atomic mass is 10.1. The van der Waals surface area contributed by atoms with Crippen LogP contribution in [0.1, 0.15) is 18.4 Å². The molecule has 2 aromatic rings. The number of carbonyl (C=O) groups excluding carboxylic acids is 1. The number of amides is 2. The van der Waals surface area contributed by atoms with E-state index in [1.807, 2.05) is 30.3 Å². The molecule has 0 unspecified atom stereocenters. The number of likely N-dealkylation sites (tertiary alicyclic amines) is 1. The van der Waals surface area contributed by atoms with Crippen LogP contribution in [0.4, 0.5) is 10.5 Å². The first-order chi connectivity index (χ1) is 12.4. The molecule has 3 rings (SSSR count). The molecule has 0 aliphatic carbocycles. The van der Waals surface area contributed by atoms with Crippen molar-refractivity contribution in [2.75, 3.05) is 18.4 Å². The third kappa shape index (κ3) is 4.77. The number of nitrogens with zero attached hydrogens (tertiary/aromatic N) is 1. The number of halogens is 1. The van der Waals surface area contributed by atoms with Crippen molar-refractivity contribution in [3.8, 4) is 0 Å². The van der Waals surface area contributed by atoms with E-state index in [1.54, 1.807) is 29.2 Å². The SMILES string of the molecule is O=C(Nc1ccc(Cl)cc1)N1CCC(S(=O)(=O)Cc2ccccc2)CC1. The number of piperidine rings is 1. The average molecular weight is 393 g/mol. The van der Waals surface area contributed by atoms with Gasteiger partial charge in [0.25, 0.3) is 0 Å². The lowest BCUT2D eigenvalue weighted by molar-refractivity contribution is 0.200. The van der Waals surface area contributed by atoms with Gasteiger partial charge in [0, 0.05) is 23.8 Å². The predicted molar refractivity (Wildman–Crippen MR) is 104 cm³/mol. The Kier molecular flexibility index (Phi) is 5.84. The summed E-state index contributed by atoms with van der Waals surface area (Å²) in [6.45, 7) is 0.857. The fourth-order valence-electron chi connectivity index (χ4n) is 3.08. The minimum absolute atomic E-state index is 0.0511. The molecule has 1 aliphatic rings. The molecule has 5 nitrogen and oxygen atoms in total. The van der Waals surface area contributed by atoms with E-state index in [0.717, 1.165) is 5.56 Å². The predicted octanol–water partition coefficient (Wildman–Crippen LogP) is 3.95. The number of rotatable bonds is 4. The van der Waals surface area contributed by atoms with Gasteiger partial charge in [0.05, 0.1) is 11.0 Å². The third-order valence-electron chi connectivity index (χ3n) is 4.54. The van der Waals surface area contributed by atoms with Gasteiger partial charge in [-0.1, -0.05) is 41.9 Å². The highest BCUT2D eigenvalue weighted by molar-refractivity contribution is 7.91. The second-order valence-electron chi connectivity index (χ2n) is 6.42. The first kappa shape index (κ1) is 18.7. The molecular weight excluding hydrogens is 372 g/mol. The Morgan fingerprint density at radius 1 is 1.04 bits per heavy atom. The molecule has 2 amide bonds. The number of urea groups is 1. The molecule has 1 saturated heterocycles. The van der Waals surface area contributed by atoms with Gasteiger partial charge < -0.3 is 10.2 Å². The van der Waals surface area contributed by atoms with Gasteiger partial charge in [-0.3, -0.25) is 0 Å². The van der Waals surface area contributed by atoms with E-state index in [-0.39, 0.29) is 11.8 Å². The van der Waals surface area contributed by atoms with Crippen molar-refractivity contribution in [2.45, 2.75) is 23.8 Å². The van der Waals surface area contributed by atoms with Crippen molar-refractivity contribution < 1.29 is 13.2 Å². The molecule has 0 bridgehead atoms. The first-order valence-electron chi connectivity index (χ1n) is 8.51. The largest absolute Gasteiger partial charge is 0.324 e. The van der Waals surface area contributed by atoms with Crippen molar-refractivity contribution in [1.29, 1.82) is 0 Å². The van der Waals surface area contributed by atoms with Gasteiger partial charge in [-0.15, -0.1) is 0 Å². The number of sulfone groups is 1. The summed E-state index contributed by atoms with van der Waals surface area (Å²) in [7, 11) is -3.22. The average Bonchev–Trinajstić information content (AvgIpc) is 2.64. The van der Waals surface area contributed by atoms with Gasteiger partial charge >= 0.3 is 6.03 Å². The van der Waals surface area contributed by atoms with Gasteiger partial charge in [0.15, 0.2) is 9.84 Å². The summed E-state index contributed by atoms with van der Waals surface area (Å²) < 4.78 is 25.2. The number of benzene rings is 2. The second-order valence-corrected chi connectivity index (χ2v) is 9.13. The summed E-state index contributed by atoms with van der Waals surface area (Å²) in [5, 5.41) is 3.01. The summed E-state index contributed by atoms with van der Waals surface area (Å²) in [5.74, 6) is 0.0511. The first-order valence-corrected chi connectivity index (χ1v) is 10.6. The maximum Gasteiger partial charge on any atom is 0.321 e. The van der Waals surface area contributed by atoms with Gasteiger partial charge in [0.2, 0.25) is 0 Å². The fourth-order valence-corrected chi connectivity index (χ4v) is 5.03. The molecular formula is C19H21ClN2O3S. The quantitative estimate of drug-likeness (QED) is 0.856. The maximum absolute atomic E-state index is 12.6. The summed E-state index contributed by atoms with van der Waals surface area (Å²) in [6, 6.07) is 15.9. The van der Waals surface area contributed by atoms with Crippen LogP contribution in [0.15, 0.2) is 54.6 Å². The normalized spacial score (nSPS) is 15.7. The van der Waals surface area contributed by atoms with Crippen LogP contribution < -0.4 is 5.32 Å². The van der Waals surface area contributed by atoms with E-state index in [0.29, 0.717) is 36.6 Å². The van der Waals surface area contributed by atoms with E-state index in [9.17, 15) is 13.2 Å². The number of hydrogen-bond acceptors (Lipinski definition) is 3. The summed E-state index contributed by atoms with van der Waals surface area (Å²) >= 11 is 5.83. The number of nitrogens with one attached hydrogen (secondary N) is 1. The lowest BCUT2D eigenvalue weighted by Gasteiger charge is -2.31. The van der Waals surface area contributed by atoms with E-state index in [2.05, 4.69) is 5.32 Å². The van der Waals surface area contributed by atoms with Crippen molar-refractivity contribution >= 4 is 33.2 Å². The zero-order valence-corrected chi connectivity index (χ0v) is 15.8. The zero-order chi connectivity index (χ0) is 18.6. The summed E-state index contributed by atoms with van der Waals surface area (Å²) in [6.07, 6.45) is 0.923. The number of carbonyl (C=O) groups is 1. The smallest absolute Gasteiger partial charge is 0.321 e. The highest BCUT2D eigenvalue weighted by Crippen LogP contribution is 2.22. The molecule has 7 heteroatoms. The Morgan fingerprint density at radius 3 is 2.27 bits per heavy atom. The molecule has 1 aliphatic heterocycles. The standard InChI is InChI=1S/C19H21ClN2O3S/c20-16-6-8-17(9-7-16)21-19(23)22-12-10-18(11-13-22)26(24,25)14-15-4-2-1-3-5-15/h1-9,18H,10-14H2,(H,21,23). The Bertz CT molecular complexity index is 846. The molecule has 0 atom stereocenters. The minimum atomic E-state index is -3.22. The highest BCUT2D eigenvalue weighted by atomic mass is 35.5. The number of hydrogen-bond donors (Lipinski definition) is 1. The Morgan fingerprint density at radius 2 is 1.65 bits per heavy atom. The van der Waals surface area contributed by atoms with Crippen molar-refractivity contribution in [3.05, 3.63) is 65.2 Å². The van der Waals surface area contributed by atoms with E-state index in [4.69, 9.17) is 11.6 Å². The molecule has 0 saturated carbocycles. The van der Waals surface area contributed by atoms with Crippen LogP contribution in [0, 0.1) is 0 Å². The van der Waals surface area contributed by atoms with E-state index < -0.39 is 15.1 Å². The van der Waals surface area contributed by atoms with Crippen LogP contribution in [0.25, 0.3) is 0 Å². The van der Waals surface area contributed by atoms with Crippen LogP contribution in [0.2, 0.25) is 5.02 Å². The fraction of sp³-hybridized carbons (Fsp3) is 0.316. The molecule has 0 spiro atoms. The van der Waals surface area contributed by atoms with Crippen LogP contribution >= 0.6 is 11.6 Å². The summed E-state index contributed by atoms with van der Waals surface area (Å²) in [5.41, 5.74) is 1.47. The van der Waals surface area contributed by atoms with Gasteiger partial charge in [-0.2, -0.15) is 0 Å². The highest BCUT2D eigenvalue weighted by Gasteiger charge is 2.31. The Balaban J connectivity index is 1.54. The third-order valence-corrected chi connectivity index (χ3v) is 7.02. The van der Waals surface area contributed by atoms with Crippen molar-refractivity contribution in [1.82, 2.24) is 4.90 Å². The van der Waals surface area contributed by atoms with Crippen molar-refractivity contribution in [3.63, 3.8) is 0 Å². The van der Waals surface area contributed by atoms with Gasteiger partial charge in [-0.05, 0) is 42.7 Å². The van der Waals surface area contributed by atoms with Gasteiger partial charge in [-0.25, -0.2) is 13.2 Å². The van der Waals surface area contributed by atoms with Crippen LogP contribution in [-0.4, -0.2) is 37.7 Å². The van der Waals surface area contributed by atoms with E-state index >= 15 is 0 Å². The second kappa shape index (κ2) is 8.10. The Hall–Kier alpha value is -2.05. The lowest BCUT2D eigenvalue weighted by Crippen LogP contribution is -2.44. The molecule has 1 heterocycles. The minimum Gasteiger partial charge on any atom is -0.324 e. The Labute approximate surface area is 158 Å².